The Morgan fingerprint density at radius 2 is 1.62 bits per heavy atom. The highest BCUT2D eigenvalue weighted by atomic mass is 15.1. The van der Waals surface area contributed by atoms with E-state index in [0.717, 1.165) is 49.0 Å². The Morgan fingerprint density at radius 1 is 0.905 bits per heavy atom. The van der Waals surface area contributed by atoms with Gasteiger partial charge in [-0.2, -0.15) is 0 Å². The Labute approximate surface area is 127 Å². The van der Waals surface area contributed by atoms with Crippen molar-refractivity contribution in [1.82, 2.24) is 9.97 Å². The molecular formula is C17H24N4. The summed E-state index contributed by atoms with van der Waals surface area (Å²) in [7, 11) is 0. The molecule has 0 amide bonds. The van der Waals surface area contributed by atoms with Gasteiger partial charge in [-0.25, -0.2) is 9.97 Å². The summed E-state index contributed by atoms with van der Waals surface area (Å²) in [6.45, 7) is 7.29. The zero-order valence-corrected chi connectivity index (χ0v) is 13.1. The molecule has 1 heterocycles. The molecule has 0 unspecified atom stereocenters. The van der Waals surface area contributed by atoms with Gasteiger partial charge in [0.15, 0.2) is 0 Å². The second-order valence-corrected chi connectivity index (χ2v) is 5.01. The van der Waals surface area contributed by atoms with Crippen molar-refractivity contribution < 1.29 is 0 Å². The van der Waals surface area contributed by atoms with Gasteiger partial charge in [-0.05, 0) is 30.5 Å². The van der Waals surface area contributed by atoms with Crippen LogP contribution >= 0.6 is 0 Å². The van der Waals surface area contributed by atoms with Crippen molar-refractivity contribution in [3.05, 3.63) is 41.7 Å². The van der Waals surface area contributed by atoms with Crippen molar-refractivity contribution in [2.45, 2.75) is 40.0 Å². The van der Waals surface area contributed by atoms with Gasteiger partial charge < -0.3 is 10.6 Å². The smallest absolute Gasteiger partial charge is 0.136 e. The van der Waals surface area contributed by atoms with Crippen LogP contribution in [0.25, 0.3) is 0 Å². The van der Waals surface area contributed by atoms with E-state index in [2.05, 4.69) is 65.6 Å². The number of aromatic nitrogens is 2. The van der Waals surface area contributed by atoms with Crippen molar-refractivity contribution >= 4 is 17.3 Å². The third kappa shape index (κ3) is 4.45. The van der Waals surface area contributed by atoms with Crippen molar-refractivity contribution in [3.8, 4) is 0 Å². The Balaban J connectivity index is 2.16. The molecule has 0 aliphatic heterocycles. The highest BCUT2D eigenvalue weighted by Crippen LogP contribution is 2.18. The number of hydrogen-bond acceptors (Lipinski definition) is 4. The lowest BCUT2D eigenvalue weighted by molar-refractivity contribution is 0.919. The Morgan fingerprint density at radius 3 is 2.24 bits per heavy atom. The van der Waals surface area contributed by atoms with Crippen LogP contribution < -0.4 is 10.6 Å². The van der Waals surface area contributed by atoms with Gasteiger partial charge in [-0.1, -0.05) is 32.9 Å². The van der Waals surface area contributed by atoms with Crippen LogP contribution in [0.1, 0.15) is 38.6 Å². The fourth-order valence-electron chi connectivity index (χ4n) is 2.03. The molecule has 2 N–H and O–H groups in total. The topological polar surface area (TPSA) is 49.8 Å². The van der Waals surface area contributed by atoms with Gasteiger partial charge in [-0.15, -0.1) is 0 Å². The lowest BCUT2D eigenvalue weighted by atomic mass is 10.1. The molecule has 0 aliphatic carbocycles. The highest BCUT2D eigenvalue weighted by molar-refractivity contribution is 5.59. The summed E-state index contributed by atoms with van der Waals surface area (Å²) in [6, 6.07) is 10.4. The lowest BCUT2D eigenvalue weighted by Gasteiger charge is -2.11. The zero-order valence-electron chi connectivity index (χ0n) is 13.1. The van der Waals surface area contributed by atoms with Gasteiger partial charge in [-0.3, -0.25) is 0 Å². The second kappa shape index (κ2) is 7.62. The Bertz CT molecular complexity index is 564. The Kier molecular flexibility index (Phi) is 5.55. The highest BCUT2D eigenvalue weighted by Gasteiger charge is 2.04. The third-order valence-corrected chi connectivity index (χ3v) is 3.28. The van der Waals surface area contributed by atoms with Crippen LogP contribution in [-0.4, -0.2) is 16.5 Å². The molecule has 0 fully saturated rings. The van der Waals surface area contributed by atoms with Crippen LogP contribution in [-0.2, 0) is 12.8 Å². The van der Waals surface area contributed by atoms with E-state index in [1.54, 1.807) is 0 Å². The summed E-state index contributed by atoms with van der Waals surface area (Å²) >= 11 is 0. The van der Waals surface area contributed by atoms with Gasteiger partial charge in [0.2, 0.25) is 0 Å². The van der Waals surface area contributed by atoms with E-state index >= 15 is 0 Å². The number of benzene rings is 1. The number of anilines is 3. The molecule has 1 aromatic heterocycles. The quantitative estimate of drug-likeness (QED) is 0.801. The number of hydrogen-bond donors (Lipinski definition) is 2. The first-order valence-electron chi connectivity index (χ1n) is 7.73. The summed E-state index contributed by atoms with van der Waals surface area (Å²) in [5, 5.41) is 6.68. The number of nitrogens with zero attached hydrogens (tertiary/aromatic N) is 2. The van der Waals surface area contributed by atoms with Gasteiger partial charge in [0.25, 0.3) is 0 Å². The maximum Gasteiger partial charge on any atom is 0.136 e. The first-order valence-corrected chi connectivity index (χ1v) is 7.73. The SMILES string of the molecule is CCCNc1cc(Nc2ccc(CC)cc2)nc(CC)n1. The van der Waals surface area contributed by atoms with Crippen molar-refractivity contribution in [2.75, 3.05) is 17.2 Å². The van der Waals surface area contributed by atoms with Crippen LogP contribution in [0.5, 0.6) is 0 Å². The largest absolute Gasteiger partial charge is 0.370 e. The van der Waals surface area contributed by atoms with Gasteiger partial charge in [0, 0.05) is 24.7 Å². The van der Waals surface area contributed by atoms with Crippen molar-refractivity contribution in [3.63, 3.8) is 0 Å². The van der Waals surface area contributed by atoms with Gasteiger partial charge >= 0.3 is 0 Å². The number of aryl methyl sites for hydroxylation is 2. The van der Waals surface area contributed by atoms with Crippen molar-refractivity contribution in [2.24, 2.45) is 0 Å². The third-order valence-electron chi connectivity index (χ3n) is 3.28. The monoisotopic (exact) mass is 284 g/mol. The Hall–Kier alpha value is -2.10. The average molecular weight is 284 g/mol. The summed E-state index contributed by atoms with van der Waals surface area (Å²) in [5.41, 5.74) is 2.39. The van der Waals surface area contributed by atoms with E-state index in [-0.39, 0.29) is 0 Å². The predicted octanol–water partition coefficient (Wildman–Crippen LogP) is 4.17. The zero-order chi connectivity index (χ0) is 15.1. The molecular weight excluding hydrogens is 260 g/mol. The first kappa shape index (κ1) is 15.3. The standard InChI is InChI=1S/C17H24N4/c1-4-11-18-16-12-17(21-15(6-3)20-16)19-14-9-7-13(5-2)8-10-14/h7-10,12H,4-6,11H2,1-3H3,(H2,18,19,20,21). The molecule has 0 spiro atoms. The first-order chi connectivity index (χ1) is 10.2. The van der Waals surface area contributed by atoms with E-state index in [0.29, 0.717) is 0 Å². The lowest BCUT2D eigenvalue weighted by Crippen LogP contribution is -2.06. The molecule has 0 radical (unpaired) electrons. The molecule has 1 aromatic carbocycles. The van der Waals surface area contributed by atoms with E-state index in [4.69, 9.17) is 0 Å². The van der Waals surface area contributed by atoms with Crippen LogP contribution in [0, 0.1) is 0 Å². The van der Waals surface area contributed by atoms with Gasteiger partial charge in [0.05, 0.1) is 0 Å². The summed E-state index contributed by atoms with van der Waals surface area (Å²) in [4.78, 5) is 9.03. The normalized spacial score (nSPS) is 10.4. The molecule has 0 bridgehead atoms. The van der Waals surface area contributed by atoms with E-state index < -0.39 is 0 Å². The number of rotatable bonds is 7. The second-order valence-electron chi connectivity index (χ2n) is 5.01. The molecule has 0 atom stereocenters. The summed E-state index contributed by atoms with van der Waals surface area (Å²) in [5.74, 6) is 2.57. The molecule has 0 saturated heterocycles. The summed E-state index contributed by atoms with van der Waals surface area (Å²) < 4.78 is 0. The van der Waals surface area contributed by atoms with Crippen LogP contribution in [0.3, 0.4) is 0 Å². The van der Waals surface area contributed by atoms with Crippen LogP contribution in [0.2, 0.25) is 0 Å². The molecule has 0 aliphatic rings. The molecule has 4 nitrogen and oxygen atoms in total. The molecule has 0 saturated carbocycles. The minimum absolute atomic E-state index is 0.825. The minimum Gasteiger partial charge on any atom is -0.370 e. The van der Waals surface area contributed by atoms with Gasteiger partial charge in [0.1, 0.15) is 17.5 Å². The molecule has 21 heavy (non-hydrogen) atoms. The average Bonchev–Trinajstić information content (AvgIpc) is 2.53. The van der Waals surface area contributed by atoms with E-state index in [9.17, 15) is 0 Å². The predicted molar refractivity (Wildman–Crippen MR) is 89.3 cm³/mol. The molecule has 2 aromatic rings. The molecule has 4 heteroatoms. The van der Waals surface area contributed by atoms with E-state index in [1.165, 1.54) is 5.56 Å². The summed E-state index contributed by atoms with van der Waals surface area (Å²) in [6.07, 6.45) is 2.96. The van der Waals surface area contributed by atoms with Crippen LogP contribution in [0.4, 0.5) is 17.3 Å². The van der Waals surface area contributed by atoms with E-state index in [1.807, 2.05) is 6.07 Å². The maximum absolute atomic E-state index is 4.54. The molecule has 2 rings (SSSR count). The van der Waals surface area contributed by atoms with Crippen LogP contribution in [0.15, 0.2) is 30.3 Å². The fourth-order valence-corrected chi connectivity index (χ4v) is 2.03. The van der Waals surface area contributed by atoms with Crippen molar-refractivity contribution in [1.29, 1.82) is 0 Å². The minimum atomic E-state index is 0.825. The molecule has 112 valence electrons. The fraction of sp³-hybridized carbons (Fsp3) is 0.412. The maximum atomic E-state index is 4.54. The number of nitrogens with one attached hydrogen (secondary N) is 2.